The van der Waals surface area contributed by atoms with E-state index < -0.39 is 0 Å². The minimum atomic E-state index is 0.468. The standard InChI is InChI=1S/C38H36/c1-6-12-26(13-7-2)33-20-28-16-10-14-27-15-11-17-29(37(27)28)21-34-31-18-8-9-19-32(31)35-22-30(25(5)24(3)4)23-36(33)38(34)35/h6-19,22-25H,1,20-21H2,2-5H3/b13-7-,26-12+,36-33+. The van der Waals surface area contributed by atoms with Crippen LogP contribution in [0.3, 0.4) is 0 Å². The number of allylic oxidation sites excluding steroid dienone is 5. The van der Waals surface area contributed by atoms with Crippen LogP contribution in [0.5, 0.6) is 0 Å². The molecule has 0 saturated heterocycles. The molecule has 4 aromatic rings. The SMILES string of the molecule is C=C/C=C(\C=C/C)C1=c2\cc(C(C)C(C)C)cc3c2=C(Cc2cccc4cccc(c24)C\1)c1ccccc1-3. The molecule has 0 saturated carbocycles. The van der Waals surface area contributed by atoms with Crippen molar-refractivity contribution in [3.05, 3.63) is 142 Å². The van der Waals surface area contributed by atoms with Crippen LogP contribution in [0, 0.1) is 5.92 Å². The van der Waals surface area contributed by atoms with Crippen molar-refractivity contribution >= 4 is 21.9 Å². The third-order valence-electron chi connectivity index (χ3n) is 8.66. The second-order valence-electron chi connectivity index (χ2n) is 11.2. The van der Waals surface area contributed by atoms with Crippen LogP contribution in [0.1, 0.15) is 55.9 Å². The molecule has 0 heterocycles. The van der Waals surface area contributed by atoms with E-state index in [4.69, 9.17) is 0 Å². The lowest BCUT2D eigenvalue weighted by Gasteiger charge is -2.19. The van der Waals surface area contributed by atoms with Crippen LogP contribution >= 0.6 is 0 Å². The summed E-state index contributed by atoms with van der Waals surface area (Å²) in [6.07, 6.45) is 10.4. The molecule has 0 spiro atoms. The van der Waals surface area contributed by atoms with Gasteiger partial charge in [-0.3, -0.25) is 0 Å². The van der Waals surface area contributed by atoms with E-state index in [1.165, 1.54) is 71.3 Å². The first kappa shape index (κ1) is 24.4. The molecule has 0 amide bonds. The molecule has 2 aliphatic carbocycles. The molecular formula is C38H36. The molecule has 188 valence electrons. The fraction of sp³-hybridized carbons (Fsp3) is 0.211. The van der Waals surface area contributed by atoms with Crippen LogP contribution < -0.4 is 10.4 Å². The Morgan fingerprint density at radius 1 is 0.816 bits per heavy atom. The molecule has 38 heavy (non-hydrogen) atoms. The van der Waals surface area contributed by atoms with Gasteiger partial charge in [-0.05, 0) is 103 Å². The molecule has 0 radical (unpaired) electrons. The summed E-state index contributed by atoms with van der Waals surface area (Å²) in [4.78, 5) is 0. The van der Waals surface area contributed by atoms with Crippen LogP contribution in [0.4, 0.5) is 0 Å². The first-order valence-corrected chi connectivity index (χ1v) is 14.0. The van der Waals surface area contributed by atoms with Gasteiger partial charge in [0.05, 0.1) is 0 Å². The topological polar surface area (TPSA) is 0 Å². The van der Waals surface area contributed by atoms with Crippen LogP contribution in [-0.4, -0.2) is 0 Å². The molecule has 0 bridgehead atoms. The fourth-order valence-electron chi connectivity index (χ4n) is 6.48. The molecule has 0 heteroatoms. The van der Waals surface area contributed by atoms with E-state index in [0.717, 1.165) is 12.8 Å². The van der Waals surface area contributed by atoms with Gasteiger partial charge in [0.25, 0.3) is 0 Å². The summed E-state index contributed by atoms with van der Waals surface area (Å²) in [6, 6.07) is 27.7. The summed E-state index contributed by atoms with van der Waals surface area (Å²) in [5, 5.41) is 5.54. The predicted molar refractivity (Wildman–Crippen MR) is 165 cm³/mol. The smallest absolute Gasteiger partial charge is 0.000695 e. The lowest BCUT2D eigenvalue weighted by atomic mass is 9.85. The number of hydrogen-bond acceptors (Lipinski definition) is 0. The molecular weight excluding hydrogens is 456 g/mol. The summed E-state index contributed by atoms with van der Waals surface area (Å²) < 4.78 is 0. The highest BCUT2D eigenvalue weighted by Crippen LogP contribution is 2.38. The third-order valence-corrected chi connectivity index (χ3v) is 8.66. The van der Waals surface area contributed by atoms with E-state index in [2.05, 4.69) is 125 Å². The largest absolute Gasteiger partial charge is 0.0990 e. The normalized spacial score (nSPS) is 16.8. The molecule has 6 rings (SSSR count). The second-order valence-corrected chi connectivity index (χ2v) is 11.2. The molecule has 0 fully saturated rings. The van der Waals surface area contributed by atoms with Gasteiger partial charge < -0.3 is 0 Å². The van der Waals surface area contributed by atoms with Crippen LogP contribution in [0.2, 0.25) is 0 Å². The van der Waals surface area contributed by atoms with Crippen molar-refractivity contribution in [3.63, 3.8) is 0 Å². The van der Waals surface area contributed by atoms with Gasteiger partial charge in [0.2, 0.25) is 0 Å². The van der Waals surface area contributed by atoms with E-state index in [1.807, 2.05) is 6.08 Å². The highest BCUT2D eigenvalue weighted by Gasteiger charge is 2.26. The van der Waals surface area contributed by atoms with Gasteiger partial charge >= 0.3 is 0 Å². The van der Waals surface area contributed by atoms with Crippen LogP contribution in [-0.2, 0) is 12.8 Å². The molecule has 0 aromatic heterocycles. The van der Waals surface area contributed by atoms with Gasteiger partial charge in [0.1, 0.15) is 0 Å². The average molecular weight is 493 g/mol. The minimum Gasteiger partial charge on any atom is -0.0990 e. The van der Waals surface area contributed by atoms with Crippen LogP contribution in [0.15, 0.2) is 109 Å². The van der Waals surface area contributed by atoms with E-state index in [-0.39, 0.29) is 0 Å². The van der Waals surface area contributed by atoms with Crippen molar-refractivity contribution in [1.29, 1.82) is 0 Å². The summed E-state index contributed by atoms with van der Waals surface area (Å²) in [6.45, 7) is 13.2. The lowest BCUT2D eigenvalue weighted by Crippen LogP contribution is -2.32. The molecule has 4 aromatic carbocycles. The average Bonchev–Trinajstić information content (AvgIpc) is 3.26. The Morgan fingerprint density at radius 3 is 2.21 bits per heavy atom. The number of benzene rings is 4. The second kappa shape index (κ2) is 9.76. The van der Waals surface area contributed by atoms with E-state index in [9.17, 15) is 0 Å². The maximum Gasteiger partial charge on any atom is -0.000695 e. The Hall–Kier alpha value is -3.90. The quantitative estimate of drug-likeness (QED) is 0.245. The first-order valence-electron chi connectivity index (χ1n) is 14.0. The van der Waals surface area contributed by atoms with Gasteiger partial charge in [-0.1, -0.05) is 124 Å². The number of rotatable bonds is 5. The minimum absolute atomic E-state index is 0.468. The predicted octanol–water partition coefficient (Wildman–Crippen LogP) is 8.42. The van der Waals surface area contributed by atoms with Crippen molar-refractivity contribution in [2.45, 2.75) is 46.5 Å². The van der Waals surface area contributed by atoms with E-state index in [0.29, 0.717) is 11.8 Å². The van der Waals surface area contributed by atoms with Crippen molar-refractivity contribution in [2.75, 3.05) is 0 Å². The highest BCUT2D eigenvalue weighted by atomic mass is 14.3. The van der Waals surface area contributed by atoms with Crippen molar-refractivity contribution in [2.24, 2.45) is 5.92 Å². The summed E-state index contributed by atoms with van der Waals surface area (Å²) in [5.41, 5.74) is 12.5. The first-order chi connectivity index (χ1) is 18.5. The molecule has 2 aliphatic rings. The zero-order chi connectivity index (χ0) is 26.4. The lowest BCUT2D eigenvalue weighted by molar-refractivity contribution is 0.535. The number of fused-ring (bicyclic) bond motifs is 3. The number of hydrogen-bond donors (Lipinski definition) is 0. The van der Waals surface area contributed by atoms with Gasteiger partial charge in [0, 0.05) is 0 Å². The van der Waals surface area contributed by atoms with Crippen molar-refractivity contribution < 1.29 is 0 Å². The Bertz CT molecular complexity index is 1770. The monoisotopic (exact) mass is 492 g/mol. The van der Waals surface area contributed by atoms with Crippen LogP contribution in [0.25, 0.3) is 33.0 Å². The molecule has 0 aliphatic heterocycles. The van der Waals surface area contributed by atoms with E-state index in [1.54, 1.807) is 0 Å². The Balaban J connectivity index is 1.85. The van der Waals surface area contributed by atoms with Gasteiger partial charge in [0.15, 0.2) is 0 Å². The summed E-state index contributed by atoms with van der Waals surface area (Å²) >= 11 is 0. The molecule has 1 unspecified atom stereocenters. The van der Waals surface area contributed by atoms with Crippen molar-refractivity contribution in [3.8, 4) is 11.1 Å². The Morgan fingerprint density at radius 2 is 1.53 bits per heavy atom. The van der Waals surface area contributed by atoms with Crippen molar-refractivity contribution in [1.82, 2.24) is 0 Å². The Labute approximate surface area is 227 Å². The third kappa shape index (κ3) is 3.91. The fourth-order valence-corrected chi connectivity index (χ4v) is 6.48. The zero-order valence-corrected chi connectivity index (χ0v) is 23.0. The highest BCUT2D eigenvalue weighted by molar-refractivity contribution is 5.96. The zero-order valence-electron chi connectivity index (χ0n) is 23.0. The molecule has 0 nitrogen and oxygen atoms in total. The molecule has 0 N–H and O–H groups in total. The summed E-state index contributed by atoms with van der Waals surface area (Å²) in [5.74, 6) is 1.03. The Kier molecular flexibility index (Phi) is 6.28. The van der Waals surface area contributed by atoms with Gasteiger partial charge in [-0.25, -0.2) is 0 Å². The van der Waals surface area contributed by atoms with Gasteiger partial charge in [-0.15, -0.1) is 0 Å². The molecule has 1 atom stereocenters. The maximum atomic E-state index is 4.09. The maximum absolute atomic E-state index is 4.09. The summed E-state index contributed by atoms with van der Waals surface area (Å²) in [7, 11) is 0. The van der Waals surface area contributed by atoms with E-state index >= 15 is 0 Å². The van der Waals surface area contributed by atoms with Gasteiger partial charge in [-0.2, -0.15) is 0 Å².